The summed E-state index contributed by atoms with van der Waals surface area (Å²) in [6.45, 7) is -0.266. The third kappa shape index (κ3) is 4.37. The first kappa shape index (κ1) is 24.0. The molecule has 35 heavy (non-hydrogen) atoms. The lowest BCUT2D eigenvalue weighted by Gasteiger charge is -2.47. The largest absolute Gasteiger partial charge is 0.416 e. The zero-order valence-electron chi connectivity index (χ0n) is 18.7. The first-order valence-corrected chi connectivity index (χ1v) is 10.7. The van der Waals surface area contributed by atoms with Crippen molar-refractivity contribution >= 4 is 23.5 Å². The first-order valence-electron chi connectivity index (χ1n) is 10.7. The van der Waals surface area contributed by atoms with E-state index in [1.54, 1.807) is 0 Å². The Morgan fingerprint density at radius 3 is 2.49 bits per heavy atom. The van der Waals surface area contributed by atoms with Crippen molar-refractivity contribution in [2.45, 2.75) is 24.7 Å². The lowest BCUT2D eigenvalue weighted by atomic mass is 9.90. The molecule has 9 nitrogen and oxygen atoms in total. The number of nitrogens with one attached hydrogen (secondary N) is 1. The van der Waals surface area contributed by atoms with Crippen LogP contribution in [0.25, 0.3) is 0 Å². The van der Waals surface area contributed by atoms with Crippen LogP contribution in [0.4, 0.5) is 23.7 Å². The van der Waals surface area contributed by atoms with E-state index >= 15 is 0 Å². The number of piperazine rings is 1. The van der Waals surface area contributed by atoms with E-state index in [9.17, 15) is 27.6 Å². The van der Waals surface area contributed by atoms with Gasteiger partial charge in [-0.05, 0) is 36.2 Å². The van der Waals surface area contributed by atoms with Crippen LogP contribution >= 0.6 is 0 Å². The van der Waals surface area contributed by atoms with Crippen molar-refractivity contribution < 1.29 is 27.6 Å². The number of pyridine rings is 1. The van der Waals surface area contributed by atoms with Crippen LogP contribution in [0.5, 0.6) is 0 Å². The molecule has 2 aromatic rings. The van der Waals surface area contributed by atoms with Crippen molar-refractivity contribution in [3.63, 3.8) is 0 Å². The number of amides is 4. The van der Waals surface area contributed by atoms with Gasteiger partial charge in [-0.2, -0.15) is 18.4 Å². The Balaban J connectivity index is 1.69. The van der Waals surface area contributed by atoms with Gasteiger partial charge in [0.15, 0.2) is 0 Å². The van der Waals surface area contributed by atoms with Crippen LogP contribution in [0.15, 0.2) is 42.6 Å². The molecule has 0 saturated carbocycles. The molecule has 1 N–H and O–H groups in total. The van der Waals surface area contributed by atoms with Crippen molar-refractivity contribution in [2.24, 2.45) is 0 Å². The fraction of sp³-hybridized carbons (Fsp3) is 0.348. The van der Waals surface area contributed by atoms with Crippen LogP contribution in [0.2, 0.25) is 0 Å². The Labute approximate surface area is 198 Å². The molecular formula is C23H21F3N6O3. The minimum absolute atomic E-state index is 0.0713. The van der Waals surface area contributed by atoms with Crippen molar-refractivity contribution in [1.82, 2.24) is 20.1 Å². The molecule has 4 amide bonds. The summed E-state index contributed by atoms with van der Waals surface area (Å²) >= 11 is 0. The number of halogens is 3. The molecule has 0 bridgehead atoms. The Hall–Kier alpha value is -4.14. The second kappa shape index (κ2) is 8.90. The zero-order chi connectivity index (χ0) is 25.4. The molecule has 1 aromatic heterocycles. The van der Waals surface area contributed by atoms with Gasteiger partial charge in [-0.1, -0.05) is 12.1 Å². The SMILES string of the molecule is CNC(=O)N1CCC2(C1)C(=O)N(c1ccc(C#N)nc1)CC(=O)N2Cc1ccc(C(F)(F)F)cc1. The molecule has 1 spiro atoms. The number of benzene rings is 1. The zero-order valence-corrected chi connectivity index (χ0v) is 18.7. The minimum Gasteiger partial charge on any atom is -0.341 e. The van der Waals surface area contributed by atoms with Crippen LogP contribution in [-0.4, -0.2) is 64.9 Å². The molecule has 2 aliphatic rings. The summed E-state index contributed by atoms with van der Waals surface area (Å²) in [5, 5.41) is 11.5. The van der Waals surface area contributed by atoms with Gasteiger partial charge in [0.2, 0.25) is 5.91 Å². The quantitative estimate of drug-likeness (QED) is 0.715. The van der Waals surface area contributed by atoms with Gasteiger partial charge in [0.25, 0.3) is 5.91 Å². The predicted molar refractivity (Wildman–Crippen MR) is 117 cm³/mol. The molecule has 4 rings (SSSR count). The number of nitriles is 1. The summed E-state index contributed by atoms with van der Waals surface area (Å²) in [5.41, 5.74) is -1.32. The highest BCUT2D eigenvalue weighted by Crippen LogP contribution is 2.37. The Bertz CT molecular complexity index is 1190. The maximum Gasteiger partial charge on any atom is 0.416 e. The van der Waals surface area contributed by atoms with E-state index in [4.69, 9.17) is 5.26 Å². The number of alkyl halides is 3. The molecule has 1 aromatic carbocycles. The maximum absolute atomic E-state index is 13.8. The molecule has 1 atom stereocenters. The van der Waals surface area contributed by atoms with E-state index in [1.807, 2.05) is 6.07 Å². The van der Waals surface area contributed by atoms with Crippen molar-refractivity contribution in [1.29, 1.82) is 5.26 Å². The molecule has 2 fully saturated rings. The molecular weight excluding hydrogens is 465 g/mol. The third-order valence-electron chi connectivity index (χ3n) is 6.30. The molecule has 2 aliphatic heterocycles. The van der Waals surface area contributed by atoms with E-state index < -0.39 is 35.1 Å². The normalized spacial score (nSPS) is 20.4. The number of carbonyl (C=O) groups excluding carboxylic acids is 3. The Morgan fingerprint density at radius 1 is 1.20 bits per heavy atom. The number of likely N-dealkylation sites (tertiary alicyclic amines) is 1. The number of anilines is 1. The highest BCUT2D eigenvalue weighted by molar-refractivity contribution is 6.09. The minimum atomic E-state index is -4.49. The van der Waals surface area contributed by atoms with E-state index in [2.05, 4.69) is 10.3 Å². The second-order valence-electron chi connectivity index (χ2n) is 8.34. The van der Waals surface area contributed by atoms with Gasteiger partial charge in [-0.3, -0.25) is 14.5 Å². The van der Waals surface area contributed by atoms with E-state index in [-0.39, 0.29) is 38.3 Å². The lowest BCUT2D eigenvalue weighted by Crippen LogP contribution is -2.69. The number of hydrogen-bond acceptors (Lipinski definition) is 5. The van der Waals surface area contributed by atoms with Crippen LogP contribution in [-0.2, 0) is 22.3 Å². The number of urea groups is 1. The van der Waals surface area contributed by atoms with Gasteiger partial charge >= 0.3 is 12.2 Å². The van der Waals surface area contributed by atoms with Crippen LogP contribution in [0.1, 0.15) is 23.2 Å². The highest BCUT2D eigenvalue weighted by atomic mass is 19.4. The van der Waals surface area contributed by atoms with Crippen LogP contribution in [0, 0.1) is 11.3 Å². The van der Waals surface area contributed by atoms with Gasteiger partial charge in [0, 0.05) is 20.1 Å². The standard InChI is InChI=1S/C23H21F3N6O3/c1-28-21(35)30-9-8-22(14-30)20(34)31(18-7-6-17(10-27)29-11-18)13-19(33)32(22)12-15-2-4-16(5-3-15)23(24,25)26/h2-7,11H,8-9,12-14H2,1H3,(H,28,35). The van der Waals surface area contributed by atoms with Gasteiger partial charge < -0.3 is 15.1 Å². The molecule has 2 saturated heterocycles. The number of carbonyl (C=O) groups is 3. The molecule has 12 heteroatoms. The molecule has 182 valence electrons. The summed E-state index contributed by atoms with van der Waals surface area (Å²) in [4.78, 5) is 47.5. The van der Waals surface area contributed by atoms with E-state index in [0.29, 0.717) is 11.3 Å². The number of hydrogen-bond donors (Lipinski definition) is 1. The lowest BCUT2D eigenvalue weighted by molar-refractivity contribution is -0.151. The van der Waals surface area contributed by atoms with Crippen LogP contribution < -0.4 is 10.2 Å². The summed E-state index contributed by atoms with van der Waals surface area (Å²) < 4.78 is 38.9. The Kier molecular flexibility index (Phi) is 6.10. The summed E-state index contributed by atoms with van der Waals surface area (Å²) in [6.07, 6.45) is -3.01. The first-order chi connectivity index (χ1) is 16.6. The van der Waals surface area contributed by atoms with Gasteiger partial charge in [-0.25, -0.2) is 9.78 Å². The summed E-state index contributed by atoms with van der Waals surface area (Å²) in [6, 6.07) is 8.83. The van der Waals surface area contributed by atoms with Crippen LogP contribution in [0.3, 0.4) is 0 Å². The topological polar surface area (TPSA) is 110 Å². The average molecular weight is 486 g/mol. The average Bonchev–Trinajstić information content (AvgIpc) is 3.30. The summed E-state index contributed by atoms with van der Waals surface area (Å²) in [7, 11) is 1.45. The van der Waals surface area contributed by atoms with Gasteiger partial charge in [-0.15, -0.1) is 0 Å². The number of rotatable bonds is 3. The summed E-state index contributed by atoms with van der Waals surface area (Å²) in [5.74, 6) is -0.852. The highest BCUT2D eigenvalue weighted by Gasteiger charge is 2.57. The molecule has 0 radical (unpaired) electrons. The molecule has 3 heterocycles. The van der Waals surface area contributed by atoms with Crippen molar-refractivity contribution in [2.75, 3.05) is 31.6 Å². The van der Waals surface area contributed by atoms with Gasteiger partial charge in [0.1, 0.15) is 23.8 Å². The molecule has 1 unspecified atom stereocenters. The van der Waals surface area contributed by atoms with Crippen molar-refractivity contribution in [3.8, 4) is 6.07 Å². The fourth-order valence-corrected chi connectivity index (χ4v) is 4.46. The van der Waals surface area contributed by atoms with Crippen molar-refractivity contribution in [3.05, 3.63) is 59.4 Å². The smallest absolute Gasteiger partial charge is 0.341 e. The third-order valence-corrected chi connectivity index (χ3v) is 6.30. The molecule has 0 aliphatic carbocycles. The second-order valence-corrected chi connectivity index (χ2v) is 8.34. The maximum atomic E-state index is 13.8. The van der Waals surface area contributed by atoms with Gasteiger partial charge in [0.05, 0.1) is 24.0 Å². The predicted octanol–water partition coefficient (Wildman–Crippen LogP) is 2.13. The number of aromatic nitrogens is 1. The van der Waals surface area contributed by atoms with E-state index in [1.165, 1.54) is 52.2 Å². The fourth-order valence-electron chi connectivity index (χ4n) is 4.46. The van der Waals surface area contributed by atoms with E-state index in [0.717, 1.165) is 12.1 Å². The monoisotopic (exact) mass is 486 g/mol. The Morgan fingerprint density at radius 2 is 1.91 bits per heavy atom. The number of nitrogens with zero attached hydrogens (tertiary/aromatic N) is 5.